The summed E-state index contributed by atoms with van der Waals surface area (Å²) in [7, 11) is 0. The first-order valence-electron chi connectivity index (χ1n) is 10.3. The van der Waals surface area contributed by atoms with E-state index in [1.165, 1.54) is 17.4 Å². The molecular formula is C25H15F2N3O3S. The molecule has 0 spiro atoms. The molecule has 3 aromatic carbocycles. The summed E-state index contributed by atoms with van der Waals surface area (Å²) in [4.78, 5) is 4.78. The van der Waals surface area contributed by atoms with Crippen LogP contribution in [0.4, 0.5) is 14.5 Å². The molecule has 0 unspecified atom stereocenters. The molecule has 0 fully saturated rings. The lowest BCUT2D eigenvalue weighted by atomic mass is 10.2. The molecular weight excluding hydrogens is 460 g/mol. The molecule has 1 aliphatic heterocycles. The number of hydrogen-bond acceptors (Lipinski definition) is 6. The maximum atomic E-state index is 14.3. The Balaban J connectivity index is 1.49. The number of rotatable bonds is 4. The van der Waals surface area contributed by atoms with Crippen molar-refractivity contribution in [2.45, 2.75) is 0 Å². The number of halogens is 2. The third kappa shape index (κ3) is 3.75. The van der Waals surface area contributed by atoms with Gasteiger partial charge in [0.05, 0.1) is 6.21 Å². The molecule has 3 heterocycles. The Hall–Kier alpha value is -4.24. The maximum Gasteiger partial charge on any atom is 0.231 e. The summed E-state index contributed by atoms with van der Waals surface area (Å²) in [6, 6.07) is 18.3. The minimum Gasteiger partial charge on any atom is -0.454 e. The van der Waals surface area contributed by atoms with Crippen molar-refractivity contribution in [2.24, 2.45) is 10.1 Å². The molecule has 0 saturated heterocycles. The predicted octanol–water partition coefficient (Wildman–Crippen LogP) is 6.08. The van der Waals surface area contributed by atoms with E-state index in [1.807, 2.05) is 47.8 Å². The average molecular weight is 475 g/mol. The van der Waals surface area contributed by atoms with E-state index in [0.717, 1.165) is 28.7 Å². The number of fused-ring (bicyclic) bond motifs is 2. The fraction of sp³-hybridized carbons (Fsp3) is 0.0400. The molecule has 2 aromatic heterocycles. The first-order valence-corrected chi connectivity index (χ1v) is 11.2. The van der Waals surface area contributed by atoms with Gasteiger partial charge in [0.25, 0.3) is 0 Å². The highest BCUT2D eigenvalue weighted by Crippen LogP contribution is 2.32. The molecule has 0 saturated carbocycles. The first kappa shape index (κ1) is 20.4. The van der Waals surface area contributed by atoms with Crippen LogP contribution in [0.25, 0.3) is 22.4 Å². The summed E-state index contributed by atoms with van der Waals surface area (Å²) < 4.78 is 46.0. The van der Waals surface area contributed by atoms with Crippen molar-refractivity contribution in [1.82, 2.24) is 4.68 Å². The maximum absolute atomic E-state index is 14.3. The zero-order valence-corrected chi connectivity index (χ0v) is 18.3. The second-order valence-corrected chi connectivity index (χ2v) is 8.27. The predicted molar refractivity (Wildman–Crippen MR) is 125 cm³/mol. The lowest BCUT2D eigenvalue weighted by molar-refractivity contribution is 0.174. The van der Waals surface area contributed by atoms with Crippen LogP contribution in [0.15, 0.2) is 86.6 Å². The Labute approximate surface area is 195 Å². The Kier molecular flexibility index (Phi) is 4.96. The lowest BCUT2D eigenvalue weighted by Crippen LogP contribution is -2.11. The number of para-hydroxylation sites is 1. The van der Waals surface area contributed by atoms with Gasteiger partial charge in [0.2, 0.25) is 11.6 Å². The molecule has 0 aliphatic carbocycles. The van der Waals surface area contributed by atoms with Crippen molar-refractivity contribution in [2.75, 3.05) is 6.79 Å². The molecule has 168 valence electrons. The van der Waals surface area contributed by atoms with Crippen LogP contribution in [0.5, 0.6) is 11.5 Å². The molecule has 9 heteroatoms. The quantitative estimate of drug-likeness (QED) is 0.296. The van der Waals surface area contributed by atoms with E-state index >= 15 is 0 Å². The molecule has 0 bridgehead atoms. The van der Waals surface area contributed by atoms with Gasteiger partial charge in [-0.05, 0) is 48.0 Å². The largest absolute Gasteiger partial charge is 0.454 e. The van der Waals surface area contributed by atoms with E-state index in [-0.39, 0.29) is 12.5 Å². The highest BCUT2D eigenvalue weighted by atomic mass is 32.1. The normalized spacial score (nSPS) is 13.4. The molecule has 6 rings (SSSR count). The molecule has 0 radical (unpaired) electrons. The third-order valence-corrected chi connectivity index (χ3v) is 6.02. The van der Waals surface area contributed by atoms with E-state index in [1.54, 1.807) is 17.0 Å². The molecule has 0 atom stereocenters. The van der Waals surface area contributed by atoms with E-state index in [9.17, 15) is 8.78 Å². The number of nitrogens with zero attached hydrogens (tertiary/aromatic N) is 3. The van der Waals surface area contributed by atoms with Crippen LogP contribution in [-0.2, 0) is 0 Å². The summed E-state index contributed by atoms with van der Waals surface area (Å²) in [6.07, 6.45) is 1.64. The topological polar surface area (TPSA) is 61.2 Å². The van der Waals surface area contributed by atoms with Crippen LogP contribution >= 0.6 is 11.3 Å². The van der Waals surface area contributed by atoms with Gasteiger partial charge in [-0.15, -0.1) is 11.3 Å². The SMILES string of the molecule is Fc1ccc(N=c2scc(-c3cc4ccccc4o3)n2N=Cc2ccc3c(c2)OCO3)c(F)c1. The van der Waals surface area contributed by atoms with Crippen molar-refractivity contribution in [3.8, 4) is 23.0 Å². The van der Waals surface area contributed by atoms with Gasteiger partial charge in [-0.3, -0.25) is 0 Å². The van der Waals surface area contributed by atoms with Gasteiger partial charge in [-0.1, -0.05) is 18.2 Å². The number of furan rings is 1. The van der Waals surface area contributed by atoms with Crippen LogP contribution in [0.1, 0.15) is 5.56 Å². The van der Waals surface area contributed by atoms with Crippen LogP contribution < -0.4 is 14.3 Å². The van der Waals surface area contributed by atoms with Crippen molar-refractivity contribution in [3.05, 3.63) is 94.1 Å². The molecule has 0 N–H and O–H groups in total. The number of ether oxygens (including phenoxy) is 2. The molecule has 5 aromatic rings. The van der Waals surface area contributed by atoms with E-state index in [2.05, 4.69) is 10.1 Å². The minimum atomic E-state index is -0.759. The standard InChI is InChI=1S/C25H15F2N3O3S/c26-17-6-7-19(18(27)11-17)29-25-30(28-12-15-5-8-22-24(9-15)32-14-31-22)20(13-34-25)23-10-16-3-1-2-4-21(16)33-23/h1-13H,14H2. The Morgan fingerprint density at radius 1 is 0.941 bits per heavy atom. The minimum absolute atomic E-state index is 0.00596. The molecule has 1 aliphatic rings. The first-order chi connectivity index (χ1) is 16.6. The molecule has 6 nitrogen and oxygen atoms in total. The monoisotopic (exact) mass is 475 g/mol. The van der Waals surface area contributed by atoms with Crippen LogP contribution in [0, 0.1) is 11.6 Å². The zero-order chi connectivity index (χ0) is 23.1. The molecule has 34 heavy (non-hydrogen) atoms. The van der Waals surface area contributed by atoms with Gasteiger partial charge >= 0.3 is 0 Å². The Morgan fingerprint density at radius 3 is 2.71 bits per heavy atom. The van der Waals surface area contributed by atoms with Crippen LogP contribution in [0.3, 0.4) is 0 Å². The number of hydrogen-bond donors (Lipinski definition) is 0. The summed E-state index contributed by atoms with van der Waals surface area (Å²) in [5.74, 6) is 0.464. The lowest BCUT2D eigenvalue weighted by Gasteiger charge is -2.02. The summed E-state index contributed by atoms with van der Waals surface area (Å²) in [5.41, 5.74) is 2.15. The van der Waals surface area contributed by atoms with E-state index < -0.39 is 11.6 Å². The smallest absolute Gasteiger partial charge is 0.231 e. The van der Waals surface area contributed by atoms with Gasteiger partial charge in [-0.2, -0.15) is 5.10 Å². The van der Waals surface area contributed by atoms with Gasteiger partial charge in [0.15, 0.2) is 23.1 Å². The highest BCUT2D eigenvalue weighted by Gasteiger charge is 2.15. The third-order valence-electron chi connectivity index (χ3n) is 5.21. The number of thiazole rings is 1. The molecule has 0 amide bonds. The van der Waals surface area contributed by atoms with Gasteiger partial charge in [0, 0.05) is 16.8 Å². The fourth-order valence-electron chi connectivity index (χ4n) is 3.56. The van der Waals surface area contributed by atoms with Crippen molar-refractivity contribution >= 4 is 34.2 Å². The summed E-state index contributed by atoms with van der Waals surface area (Å²) in [6.45, 7) is 0.178. The number of benzene rings is 3. The van der Waals surface area contributed by atoms with Crippen LogP contribution in [0.2, 0.25) is 0 Å². The number of aromatic nitrogens is 1. The average Bonchev–Trinajstić information content (AvgIpc) is 3.57. The van der Waals surface area contributed by atoms with E-state index in [0.29, 0.717) is 27.8 Å². The highest BCUT2D eigenvalue weighted by molar-refractivity contribution is 7.07. The van der Waals surface area contributed by atoms with Gasteiger partial charge in [0.1, 0.15) is 22.8 Å². The van der Waals surface area contributed by atoms with Gasteiger partial charge in [-0.25, -0.2) is 18.4 Å². The van der Waals surface area contributed by atoms with Gasteiger partial charge < -0.3 is 13.9 Å². The summed E-state index contributed by atoms with van der Waals surface area (Å²) >= 11 is 1.26. The van der Waals surface area contributed by atoms with Crippen LogP contribution in [-0.4, -0.2) is 17.7 Å². The second kappa shape index (κ2) is 8.27. The van der Waals surface area contributed by atoms with Crippen molar-refractivity contribution in [1.29, 1.82) is 0 Å². The fourth-order valence-corrected chi connectivity index (χ4v) is 4.39. The second-order valence-electron chi connectivity index (χ2n) is 7.43. The Morgan fingerprint density at radius 2 is 1.82 bits per heavy atom. The Bertz CT molecular complexity index is 1600. The van der Waals surface area contributed by atoms with Crippen molar-refractivity contribution in [3.63, 3.8) is 0 Å². The summed E-state index contributed by atoms with van der Waals surface area (Å²) in [5, 5.41) is 7.38. The van der Waals surface area contributed by atoms with Crippen molar-refractivity contribution < 1.29 is 22.7 Å². The zero-order valence-electron chi connectivity index (χ0n) is 17.4. The van der Waals surface area contributed by atoms with E-state index in [4.69, 9.17) is 13.9 Å².